The lowest BCUT2D eigenvalue weighted by atomic mass is 10.0. The quantitative estimate of drug-likeness (QED) is 0.365. The lowest BCUT2D eigenvalue weighted by Crippen LogP contribution is -2.48. The van der Waals surface area contributed by atoms with Crippen LogP contribution in [-0.2, 0) is 17.8 Å². The summed E-state index contributed by atoms with van der Waals surface area (Å²) in [5, 5.41) is 36.0. The van der Waals surface area contributed by atoms with E-state index in [-0.39, 0.29) is 24.4 Å². The lowest BCUT2D eigenvalue weighted by molar-refractivity contribution is -0.148. The molecule has 3 aromatic rings. The summed E-state index contributed by atoms with van der Waals surface area (Å²) in [6.45, 7) is 3.92. The van der Waals surface area contributed by atoms with Crippen molar-refractivity contribution in [3.8, 4) is 0 Å². The number of aromatic nitrogens is 2. The first-order valence-corrected chi connectivity index (χ1v) is 10.8. The van der Waals surface area contributed by atoms with Gasteiger partial charge in [-0.05, 0) is 48.6 Å². The maximum absolute atomic E-state index is 12.9. The Kier molecular flexibility index (Phi) is 7.70. The number of hydrogen-bond donors (Lipinski definition) is 4. The highest BCUT2D eigenvalue weighted by molar-refractivity contribution is 6.31. The van der Waals surface area contributed by atoms with Crippen LogP contribution in [-0.4, -0.2) is 55.1 Å². The Bertz CT molecular complexity index is 1220. The lowest BCUT2D eigenvalue weighted by Gasteiger charge is -2.21. The Labute approximate surface area is 200 Å². The molecule has 4 N–H and O–H groups in total. The molecule has 9 nitrogen and oxygen atoms in total. The number of aliphatic hydroxyl groups is 1. The molecular formula is C24H24ClN3O6. The minimum Gasteiger partial charge on any atom is -0.479 e. The summed E-state index contributed by atoms with van der Waals surface area (Å²) in [5.74, 6) is -3.61. The zero-order valence-electron chi connectivity index (χ0n) is 18.5. The maximum Gasteiger partial charge on any atom is 0.354 e. The zero-order chi connectivity index (χ0) is 25.0. The molecule has 0 aliphatic rings. The van der Waals surface area contributed by atoms with E-state index >= 15 is 0 Å². The summed E-state index contributed by atoms with van der Waals surface area (Å²) in [6.07, 6.45) is -1.98. The summed E-state index contributed by atoms with van der Waals surface area (Å²) in [5.41, 5.74) is 2.88. The standard InChI is InChI=1S/C24H24ClN3O6/c1-13-6-5-7-14(2)16(13)12-28-20(23(31)32)11-19(27-28)22(30)26-18(21(29)24(33)34)10-15-8-3-4-9-17(15)25/h3-9,11,18,21,29H,10,12H2,1-2H3,(H,26,30)(H,31,32)(H,33,34)/t18-,21-/m1/s1. The number of aromatic carboxylic acids is 1. The average molecular weight is 486 g/mol. The van der Waals surface area contributed by atoms with Gasteiger partial charge in [-0.3, -0.25) is 9.48 Å². The van der Waals surface area contributed by atoms with Crippen LogP contribution in [0.25, 0.3) is 0 Å². The molecule has 1 amide bonds. The van der Waals surface area contributed by atoms with Crippen molar-refractivity contribution >= 4 is 29.4 Å². The summed E-state index contributed by atoms with van der Waals surface area (Å²) in [6, 6.07) is 12.2. The Morgan fingerprint density at radius 2 is 1.71 bits per heavy atom. The van der Waals surface area contributed by atoms with Gasteiger partial charge in [0.1, 0.15) is 5.69 Å². The van der Waals surface area contributed by atoms with Gasteiger partial charge in [0.05, 0.1) is 12.6 Å². The number of hydrogen-bond acceptors (Lipinski definition) is 5. The molecule has 34 heavy (non-hydrogen) atoms. The van der Waals surface area contributed by atoms with Gasteiger partial charge in [0.25, 0.3) is 5.91 Å². The molecule has 0 saturated heterocycles. The number of aliphatic carboxylic acids is 1. The zero-order valence-corrected chi connectivity index (χ0v) is 19.3. The third-order valence-corrected chi connectivity index (χ3v) is 5.90. The summed E-state index contributed by atoms with van der Waals surface area (Å²) in [7, 11) is 0. The minimum absolute atomic E-state index is 0.0617. The molecule has 0 fully saturated rings. The van der Waals surface area contributed by atoms with Crippen molar-refractivity contribution in [3.05, 3.63) is 87.2 Å². The monoisotopic (exact) mass is 485 g/mol. The number of carbonyl (C=O) groups is 3. The molecule has 3 rings (SSSR count). The number of halogens is 1. The number of nitrogens with zero attached hydrogens (tertiary/aromatic N) is 2. The van der Waals surface area contributed by atoms with Gasteiger partial charge >= 0.3 is 11.9 Å². The van der Waals surface area contributed by atoms with Crippen LogP contribution in [0, 0.1) is 13.8 Å². The molecule has 0 spiro atoms. The van der Waals surface area contributed by atoms with Crippen molar-refractivity contribution in [3.63, 3.8) is 0 Å². The predicted molar refractivity (Wildman–Crippen MR) is 124 cm³/mol. The second kappa shape index (κ2) is 10.5. The molecular weight excluding hydrogens is 462 g/mol. The first kappa shape index (κ1) is 24.9. The fourth-order valence-electron chi connectivity index (χ4n) is 3.63. The largest absolute Gasteiger partial charge is 0.479 e. The molecule has 0 saturated carbocycles. The number of benzene rings is 2. The van der Waals surface area contributed by atoms with Crippen LogP contribution in [0.15, 0.2) is 48.5 Å². The molecule has 0 unspecified atom stereocenters. The number of amides is 1. The fourth-order valence-corrected chi connectivity index (χ4v) is 3.84. The Hall–Kier alpha value is -3.69. The van der Waals surface area contributed by atoms with Crippen molar-refractivity contribution in [2.24, 2.45) is 0 Å². The van der Waals surface area contributed by atoms with E-state index in [1.807, 2.05) is 32.0 Å². The van der Waals surface area contributed by atoms with E-state index in [0.717, 1.165) is 22.8 Å². The van der Waals surface area contributed by atoms with Crippen molar-refractivity contribution in [1.82, 2.24) is 15.1 Å². The van der Waals surface area contributed by atoms with E-state index in [1.165, 1.54) is 4.68 Å². The molecule has 1 aromatic heterocycles. The topological polar surface area (TPSA) is 142 Å². The van der Waals surface area contributed by atoms with Crippen molar-refractivity contribution in [2.75, 3.05) is 0 Å². The molecule has 0 aliphatic carbocycles. The highest BCUT2D eigenvalue weighted by atomic mass is 35.5. The summed E-state index contributed by atoms with van der Waals surface area (Å²) < 4.78 is 1.21. The Morgan fingerprint density at radius 3 is 2.29 bits per heavy atom. The number of carbonyl (C=O) groups excluding carboxylic acids is 1. The van der Waals surface area contributed by atoms with Crippen LogP contribution in [0.1, 0.15) is 43.2 Å². The van der Waals surface area contributed by atoms with Crippen molar-refractivity contribution < 1.29 is 29.7 Å². The average Bonchev–Trinajstić information content (AvgIpc) is 3.21. The van der Waals surface area contributed by atoms with Crippen molar-refractivity contribution in [1.29, 1.82) is 0 Å². The molecule has 10 heteroatoms. The molecule has 0 radical (unpaired) electrons. The van der Waals surface area contributed by atoms with Crippen LogP contribution in [0.4, 0.5) is 0 Å². The van der Waals surface area contributed by atoms with Crippen LogP contribution >= 0.6 is 11.6 Å². The third-order valence-electron chi connectivity index (χ3n) is 5.53. The highest BCUT2D eigenvalue weighted by Gasteiger charge is 2.30. The number of aryl methyl sites for hydroxylation is 2. The molecule has 2 aromatic carbocycles. The van der Waals surface area contributed by atoms with Gasteiger partial charge in [0, 0.05) is 11.1 Å². The third kappa shape index (κ3) is 5.62. The van der Waals surface area contributed by atoms with E-state index in [9.17, 15) is 29.7 Å². The number of aliphatic hydroxyl groups excluding tert-OH is 1. The van der Waals surface area contributed by atoms with E-state index < -0.39 is 30.0 Å². The van der Waals surface area contributed by atoms with E-state index in [2.05, 4.69) is 10.4 Å². The van der Waals surface area contributed by atoms with Gasteiger partial charge in [-0.1, -0.05) is 48.0 Å². The van der Waals surface area contributed by atoms with Gasteiger partial charge in [0.15, 0.2) is 11.8 Å². The minimum atomic E-state index is -1.92. The van der Waals surface area contributed by atoms with Crippen molar-refractivity contribution in [2.45, 2.75) is 39.0 Å². The van der Waals surface area contributed by atoms with Crippen LogP contribution in [0.5, 0.6) is 0 Å². The van der Waals surface area contributed by atoms with Gasteiger partial charge in [-0.25, -0.2) is 9.59 Å². The first-order chi connectivity index (χ1) is 16.1. The van der Waals surface area contributed by atoms with Gasteiger partial charge in [-0.15, -0.1) is 0 Å². The van der Waals surface area contributed by atoms with Crippen LogP contribution in [0.2, 0.25) is 5.02 Å². The first-order valence-electron chi connectivity index (χ1n) is 10.4. The molecule has 178 valence electrons. The van der Waals surface area contributed by atoms with E-state index in [1.54, 1.807) is 24.3 Å². The predicted octanol–water partition coefficient (Wildman–Crippen LogP) is 2.69. The Morgan fingerprint density at radius 1 is 1.06 bits per heavy atom. The normalized spacial score (nSPS) is 12.7. The fraction of sp³-hybridized carbons (Fsp3) is 0.250. The number of carboxylic acid groups (broad SMARTS) is 2. The highest BCUT2D eigenvalue weighted by Crippen LogP contribution is 2.19. The van der Waals surface area contributed by atoms with Crippen LogP contribution < -0.4 is 5.32 Å². The molecule has 2 atom stereocenters. The second-order valence-corrected chi connectivity index (χ2v) is 8.31. The second-order valence-electron chi connectivity index (χ2n) is 7.91. The van der Waals surface area contributed by atoms with Gasteiger partial charge in [0.2, 0.25) is 0 Å². The number of carboxylic acids is 2. The van der Waals surface area contributed by atoms with E-state index in [0.29, 0.717) is 10.6 Å². The summed E-state index contributed by atoms with van der Waals surface area (Å²) in [4.78, 5) is 36.1. The van der Waals surface area contributed by atoms with Gasteiger partial charge < -0.3 is 20.6 Å². The van der Waals surface area contributed by atoms with Crippen LogP contribution in [0.3, 0.4) is 0 Å². The van der Waals surface area contributed by atoms with E-state index in [4.69, 9.17) is 11.6 Å². The molecule has 0 aliphatic heterocycles. The Balaban J connectivity index is 1.89. The summed E-state index contributed by atoms with van der Waals surface area (Å²) >= 11 is 6.14. The maximum atomic E-state index is 12.9. The number of rotatable bonds is 9. The smallest absolute Gasteiger partial charge is 0.354 e. The molecule has 0 bridgehead atoms. The number of nitrogens with one attached hydrogen (secondary N) is 1. The van der Waals surface area contributed by atoms with Gasteiger partial charge in [-0.2, -0.15) is 5.10 Å². The SMILES string of the molecule is Cc1cccc(C)c1Cn1nc(C(=O)N[C@H](Cc2ccccc2Cl)[C@@H](O)C(=O)O)cc1C(=O)O. The molecule has 1 heterocycles.